The van der Waals surface area contributed by atoms with Crippen LogP contribution in [0.2, 0.25) is 0 Å². The number of imidazole rings is 3. The van der Waals surface area contributed by atoms with E-state index >= 15 is 0 Å². The van der Waals surface area contributed by atoms with Crippen LogP contribution in [0.3, 0.4) is 0 Å². The van der Waals surface area contributed by atoms with Crippen LogP contribution in [0, 0.1) is 11.8 Å². The van der Waals surface area contributed by atoms with Crippen LogP contribution in [0.4, 0.5) is 31.8 Å². The summed E-state index contributed by atoms with van der Waals surface area (Å²) in [4.78, 5) is 156. The lowest BCUT2D eigenvalue weighted by Gasteiger charge is -2.35. The average Bonchev–Trinajstić information content (AvgIpc) is 1.59. The summed E-state index contributed by atoms with van der Waals surface area (Å²) in [5.74, 6) is -4.67. The largest absolute Gasteiger partial charge is 0.481 e. The second kappa shape index (κ2) is 35.0. The minimum Gasteiger partial charge on any atom is -0.481 e. The summed E-state index contributed by atoms with van der Waals surface area (Å²) in [5, 5.41) is 44.6. The Morgan fingerprint density at radius 3 is 1.08 bits per heavy atom. The zero-order valence-corrected chi connectivity index (χ0v) is 64.3. The van der Waals surface area contributed by atoms with Crippen molar-refractivity contribution in [2.45, 2.75) is 158 Å². The van der Waals surface area contributed by atoms with Gasteiger partial charge in [0.05, 0.1) is 30.8 Å². The molecule has 624 valence electrons. The molecule has 9 aromatic rings. The predicted molar refractivity (Wildman–Crippen MR) is 409 cm³/mol. The van der Waals surface area contributed by atoms with Gasteiger partial charge in [-0.3, -0.25) is 53.6 Å². The number of piperidine rings is 2. The first-order chi connectivity index (χ1) is 57.8. The minimum atomic E-state index is -1.11. The Morgan fingerprint density at radius 2 is 0.731 bits per heavy atom. The van der Waals surface area contributed by atoms with E-state index < -0.39 is 152 Å². The number of carboxylic acids is 3. The Labute approximate surface area is 675 Å². The van der Waals surface area contributed by atoms with Crippen LogP contribution in [0.1, 0.15) is 114 Å². The summed E-state index contributed by atoms with van der Waals surface area (Å²) in [6.45, 7) is 7.98. The lowest BCUT2D eigenvalue weighted by molar-refractivity contribution is -0.174. The van der Waals surface area contributed by atoms with Crippen LogP contribution in [0.25, 0.3) is 33.5 Å². The second-order valence-electron chi connectivity index (χ2n) is 29.2. The number of rotatable bonds is 18. The lowest BCUT2D eigenvalue weighted by atomic mass is 9.97. The summed E-state index contributed by atoms with van der Waals surface area (Å²) in [5.41, 5.74) is 4.43. The summed E-state index contributed by atoms with van der Waals surface area (Å²) in [7, 11) is 0. The van der Waals surface area contributed by atoms with Gasteiger partial charge in [-0.1, -0.05) is 91.0 Å². The summed E-state index contributed by atoms with van der Waals surface area (Å²) >= 11 is 0. The maximum absolute atomic E-state index is 13.8. The monoisotopic (exact) mass is 1640 g/mol. The molecule has 42 nitrogen and oxygen atoms in total. The number of nitrogens with one attached hydrogen (secondary N) is 6. The number of aliphatic carboxylic acids is 3. The maximum Gasteiger partial charge on any atom is 0.326 e. The highest BCUT2D eigenvalue weighted by molar-refractivity contribution is 5.98. The van der Waals surface area contributed by atoms with Crippen LogP contribution in [0.15, 0.2) is 129 Å². The van der Waals surface area contributed by atoms with E-state index in [2.05, 4.69) is 76.8 Å². The fourth-order valence-corrected chi connectivity index (χ4v) is 16.2. The van der Waals surface area contributed by atoms with Crippen molar-refractivity contribution in [3.8, 4) is 0 Å². The molecule has 0 aliphatic carbocycles. The Morgan fingerprint density at radius 1 is 0.378 bits per heavy atom. The molecule has 9 fully saturated rings. The average molecular weight is 1640 g/mol. The fraction of sp³-hybridized carbons (Fsp3) is 0.455. The first-order valence-electron chi connectivity index (χ1n) is 39.1. The van der Waals surface area contributed by atoms with Crippen LogP contribution < -0.4 is 31.9 Å². The van der Waals surface area contributed by atoms with Crippen molar-refractivity contribution < 1.29 is 101 Å². The number of aromatic nitrogens is 12. The highest BCUT2D eigenvalue weighted by Crippen LogP contribution is 2.50. The standard InChI is InChI=1S/2C26H29N7O7.C25H27N7O7/c1-2-27-26(37)31-20-16-21(29-12-28-20)33(13-30-16)23-19-17(39-25(40-19)14-8-4-3-5-9-14)18(38-23)22(34)32-11-7-6-10-15(32)24(35)36;1-2-27-26(37)31-20-16-21(29-12-28-20)33(13-30-16)23-19-17(39-25(40-19)14-7-4-3-5-8-14)18(38-23)22(34)32-10-6-9-15(11-32)24(35)36;1-2-26-25(36)30-19-15-20(28-11-27-19)32(12-29-15)22-18-16(38-24(39-18)13-6-4-3-5-7-13)17(37-22)21(33)31-9-8-14(10-31)23(34)35/h3-5,8-9,12-13,15,17-19,23,25H,2,6-7,10-11H2,1H3,(H,35,36)(H2,27,28,29,31,37);3-5,7-8,12-13,15,17-19,23,25H,2,6,9-11H2,1H3,(H,35,36)(H2,27,28,29,31,37);3-7,11-12,14,16-18,22,24H,2,8-10H2,1H3,(H,34,35)(H2,26,27,28,30,36)/t2*15-,17?,18?,19?,23?,25-;14-,16?,17?,18?,22?,24+/m001/s1. The number of urea groups is 3. The number of ether oxygens (including phenoxy) is 9. The molecule has 9 aliphatic heterocycles. The van der Waals surface area contributed by atoms with Gasteiger partial charge in [0.25, 0.3) is 17.7 Å². The molecule has 0 saturated carbocycles. The molecule has 18 rings (SSSR count). The van der Waals surface area contributed by atoms with Gasteiger partial charge in [0, 0.05) is 69.0 Å². The number of hydrogen-bond donors (Lipinski definition) is 9. The van der Waals surface area contributed by atoms with Gasteiger partial charge in [-0.2, -0.15) is 0 Å². The van der Waals surface area contributed by atoms with Crippen molar-refractivity contribution in [2.24, 2.45) is 11.8 Å². The fourth-order valence-electron chi connectivity index (χ4n) is 16.2. The summed E-state index contributed by atoms with van der Waals surface area (Å²) in [6, 6.07) is 25.8. The molecule has 3 aromatic carbocycles. The molecule has 18 atom stereocenters. The molecule has 9 saturated heterocycles. The lowest BCUT2D eigenvalue weighted by Crippen LogP contribution is -2.53. The van der Waals surface area contributed by atoms with Gasteiger partial charge >= 0.3 is 36.0 Å². The van der Waals surface area contributed by atoms with Crippen molar-refractivity contribution in [1.82, 2.24) is 89.2 Å². The van der Waals surface area contributed by atoms with Gasteiger partial charge in [0.15, 0.2) is 107 Å². The van der Waals surface area contributed by atoms with E-state index in [1.807, 2.05) is 91.0 Å². The van der Waals surface area contributed by atoms with E-state index in [1.165, 1.54) is 52.7 Å². The van der Waals surface area contributed by atoms with Gasteiger partial charge in [-0.05, 0) is 59.3 Å². The zero-order valence-electron chi connectivity index (χ0n) is 64.3. The number of hydrogen-bond acceptors (Lipinski definition) is 27. The Hall–Kier alpha value is -12.4. The van der Waals surface area contributed by atoms with E-state index in [9.17, 15) is 58.5 Å². The molecule has 9 N–H and O–H groups in total. The van der Waals surface area contributed by atoms with E-state index in [0.29, 0.717) is 105 Å². The number of likely N-dealkylation sites (tertiary alicyclic amines) is 3. The third-order valence-electron chi connectivity index (χ3n) is 21.8. The molecule has 6 aromatic heterocycles. The molecule has 15 heterocycles. The highest BCUT2D eigenvalue weighted by atomic mass is 16.8. The normalized spacial score (nSPS) is 27.9. The topological polar surface area (TPSA) is 510 Å². The number of carbonyl (C=O) groups is 9. The van der Waals surface area contributed by atoms with Crippen molar-refractivity contribution in [2.75, 3.05) is 68.3 Å². The van der Waals surface area contributed by atoms with Gasteiger partial charge in [-0.15, -0.1) is 0 Å². The molecule has 119 heavy (non-hydrogen) atoms. The number of carbonyl (C=O) groups excluding carboxylic acids is 6. The maximum atomic E-state index is 13.8. The van der Waals surface area contributed by atoms with E-state index in [-0.39, 0.29) is 42.4 Å². The quantitative estimate of drug-likeness (QED) is 0.0559. The number of fused-ring (bicyclic) bond motifs is 6. The number of carboxylic acid groups (broad SMARTS) is 3. The van der Waals surface area contributed by atoms with Crippen LogP contribution >= 0.6 is 0 Å². The molecule has 9 amide bonds. The molecule has 9 aliphatic rings. The van der Waals surface area contributed by atoms with Crippen molar-refractivity contribution in [1.29, 1.82) is 0 Å². The van der Waals surface area contributed by atoms with Crippen LogP contribution in [-0.2, 0) is 71.4 Å². The zero-order chi connectivity index (χ0) is 82.7. The molecule has 42 heteroatoms. The summed E-state index contributed by atoms with van der Waals surface area (Å²) < 4.78 is 61.5. The van der Waals surface area contributed by atoms with Crippen LogP contribution in [0.5, 0.6) is 0 Å². The second-order valence-corrected chi connectivity index (χ2v) is 29.2. The third kappa shape index (κ3) is 16.3. The van der Waals surface area contributed by atoms with Crippen molar-refractivity contribution in [3.05, 3.63) is 146 Å². The number of anilines is 3. The molecule has 0 spiro atoms. The molecule has 12 unspecified atom stereocenters. The minimum absolute atomic E-state index is 0.106. The molecular weight excluding hydrogens is 1550 g/mol. The Balaban J connectivity index is 0.000000133. The van der Waals surface area contributed by atoms with E-state index in [4.69, 9.17) is 42.6 Å². The van der Waals surface area contributed by atoms with Crippen LogP contribution in [-0.4, -0.2) is 256 Å². The van der Waals surface area contributed by atoms with E-state index in [1.54, 1.807) is 34.5 Å². The van der Waals surface area contributed by atoms with Gasteiger partial charge in [0.2, 0.25) is 0 Å². The first-order valence-corrected chi connectivity index (χ1v) is 39.1. The predicted octanol–water partition coefficient (Wildman–Crippen LogP) is 4.77. The highest BCUT2D eigenvalue weighted by Gasteiger charge is 2.61. The smallest absolute Gasteiger partial charge is 0.326 e. The van der Waals surface area contributed by atoms with Gasteiger partial charge in [0.1, 0.15) is 61.6 Å². The third-order valence-corrected chi connectivity index (χ3v) is 21.8. The van der Waals surface area contributed by atoms with Gasteiger partial charge in [-0.25, -0.2) is 64.0 Å². The molecular formula is C77H85N21O21. The Bertz CT molecular complexity index is 5250. The van der Waals surface area contributed by atoms with Crippen molar-refractivity contribution >= 4 is 105 Å². The SMILES string of the molecule is CCNC(=O)Nc1ncnc2c1ncn2C1OC(C(=O)N2CCCC[C@H]2C(=O)O)C2O[C@H](c3ccccc3)OC21.CCNC(=O)Nc1ncnc2c1ncn2C1OC(C(=O)N2CCC[C@H](C(=O)O)C2)C2O[C@H](c3ccccc3)OC21.CCNC(=O)Nc1ncnc2c1ncn2C1OC(C(=O)N2CC[C@@H](C(=O)O)C2)C2O[C@H](c3ccccc3)OC21. The number of benzene rings is 3. The van der Waals surface area contributed by atoms with E-state index in [0.717, 1.165) is 23.1 Å². The number of amides is 9. The Kier molecular flexibility index (Phi) is 23.7. The molecule has 0 bridgehead atoms. The van der Waals surface area contributed by atoms with Crippen molar-refractivity contribution in [3.63, 3.8) is 0 Å². The molecule has 0 radical (unpaired) electrons. The number of nitrogens with zero attached hydrogens (tertiary/aromatic N) is 15. The summed E-state index contributed by atoms with van der Waals surface area (Å²) in [6.07, 6.45) is -0.795. The first kappa shape index (κ1) is 80.4. The van der Waals surface area contributed by atoms with Gasteiger partial charge < -0.3 is 88.6 Å².